The predicted molar refractivity (Wildman–Crippen MR) is 94.2 cm³/mol. The van der Waals surface area contributed by atoms with E-state index in [2.05, 4.69) is 15.3 Å². The van der Waals surface area contributed by atoms with Gasteiger partial charge in [-0.3, -0.25) is 4.99 Å². The Morgan fingerprint density at radius 3 is 2.86 bits per heavy atom. The molecule has 0 amide bonds. The smallest absolute Gasteiger partial charge is 0.195 e. The van der Waals surface area contributed by atoms with Crippen LogP contribution in [0.4, 0.5) is 5.13 Å². The average molecular weight is 368 g/mol. The van der Waals surface area contributed by atoms with Gasteiger partial charge in [0.25, 0.3) is 0 Å². The highest BCUT2D eigenvalue weighted by atomic mass is 35.5. The number of nitrogens with zero attached hydrogens (tertiary/aromatic N) is 2. The maximum atomic E-state index is 5.73. The molecule has 0 atom stereocenters. The summed E-state index contributed by atoms with van der Waals surface area (Å²) in [5, 5.41) is 5.46. The Bertz CT molecular complexity index is 588. The highest BCUT2D eigenvalue weighted by Crippen LogP contribution is 2.26. The van der Waals surface area contributed by atoms with Crippen molar-refractivity contribution in [2.24, 2.45) is 16.5 Å². The van der Waals surface area contributed by atoms with Gasteiger partial charge < -0.3 is 25.9 Å². The standard InChI is InChI=1S/C12H17N5O2S.2ClH/c1-18-5-4-15-11(14)17-12-16-9(7-20-12)10-3-2-8(6-13)19-10;;/h2-3,7H,4-6,13H2,1H3,(H3,14,15,16,17);2*1H. The number of aliphatic imine (C=N–C) groups is 1. The van der Waals surface area contributed by atoms with E-state index in [1.807, 2.05) is 17.5 Å². The highest BCUT2D eigenvalue weighted by Gasteiger charge is 2.09. The third-order valence-corrected chi connectivity index (χ3v) is 3.19. The van der Waals surface area contributed by atoms with Gasteiger partial charge in [0.1, 0.15) is 11.5 Å². The van der Waals surface area contributed by atoms with Gasteiger partial charge in [-0.25, -0.2) is 4.98 Å². The van der Waals surface area contributed by atoms with Gasteiger partial charge in [-0.15, -0.1) is 36.2 Å². The summed E-state index contributed by atoms with van der Waals surface area (Å²) < 4.78 is 10.4. The van der Waals surface area contributed by atoms with Gasteiger partial charge in [0, 0.05) is 12.5 Å². The van der Waals surface area contributed by atoms with Crippen molar-refractivity contribution in [3.8, 4) is 11.5 Å². The van der Waals surface area contributed by atoms with Crippen LogP contribution in [0.1, 0.15) is 5.76 Å². The number of aromatic nitrogens is 1. The Kier molecular flexibility index (Phi) is 9.79. The number of halogens is 2. The molecule has 0 bridgehead atoms. The maximum Gasteiger partial charge on any atom is 0.195 e. The molecule has 0 radical (unpaired) electrons. The fourth-order valence-corrected chi connectivity index (χ4v) is 2.18. The number of thiazole rings is 1. The molecule has 5 N–H and O–H groups in total. The lowest BCUT2D eigenvalue weighted by molar-refractivity contribution is 0.208. The number of ether oxygens (including phenoxy) is 1. The number of guanidine groups is 1. The van der Waals surface area contributed by atoms with E-state index in [1.165, 1.54) is 11.3 Å². The number of hydrogen-bond donors (Lipinski definition) is 3. The third kappa shape index (κ3) is 5.82. The second-order valence-corrected chi connectivity index (χ2v) is 4.75. The largest absolute Gasteiger partial charge is 0.458 e. The first-order valence-corrected chi connectivity index (χ1v) is 6.91. The predicted octanol–water partition coefficient (Wildman–Crippen LogP) is 2.08. The first-order valence-electron chi connectivity index (χ1n) is 6.03. The van der Waals surface area contributed by atoms with E-state index in [4.69, 9.17) is 20.6 Å². The zero-order chi connectivity index (χ0) is 14.4. The zero-order valence-electron chi connectivity index (χ0n) is 11.9. The molecule has 0 aliphatic rings. The summed E-state index contributed by atoms with van der Waals surface area (Å²) in [6.45, 7) is 1.40. The molecule has 0 fully saturated rings. The third-order valence-electron chi connectivity index (χ3n) is 2.43. The first-order chi connectivity index (χ1) is 9.72. The quantitative estimate of drug-likeness (QED) is 0.409. The van der Waals surface area contributed by atoms with E-state index in [0.717, 1.165) is 11.5 Å². The van der Waals surface area contributed by atoms with Crippen LogP contribution in [0.25, 0.3) is 11.5 Å². The molecule has 0 saturated heterocycles. The van der Waals surface area contributed by atoms with Gasteiger partial charge in [-0.1, -0.05) is 0 Å². The van der Waals surface area contributed by atoms with Crippen LogP contribution in [0.2, 0.25) is 0 Å². The van der Waals surface area contributed by atoms with Gasteiger partial charge in [-0.2, -0.15) is 0 Å². The van der Waals surface area contributed by atoms with Gasteiger partial charge >= 0.3 is 0 Å². The zero-order valence-corrected chi connectivity index (χ0v) is 14.4. The van der Waals surface area contributed by atoms with Crippen LogP contribution in [0.15, 0.2) is 26.9 Å². The van der Waals surface area contributed by atoms with E-state index >= 15 is 0 Å². The molecule has 2 aromatic rings. The van der Waals surface area contributed by atoms with Gasteiger partial charge in [0.2, 0.25) is 0 Å². The minimum Gasteiger partial charge on any atom is -0.458 e. The molecular weight excluding hydrogens is 349 g/mol. The van der Waals surface area contributed by atoms with Crippen molar-refractivity contribution in [1.82, 2.24) is 4.98 Å². The van der Waals surface area contributed by atoms with Crippen LogP contribution in [-0.2, 0) is 11.3 Å². The van der Waals surface area contributed by atoms with Crippen molar-refractivity contribution < 1.29 is 9.15 Å². The van der Waals surface area contributed by atoms with Crippen molar-refractivity contribution >= 4 is 47.2 Å². The molecule has 0 saturated carbocycles. The second-order valence-electron chi connectivity index (χ2n) is 3.89. The van der Waals surface area contributed by atoms with Crippen molar-refractivity contribution in [3.05, 3.63) is 23.3 Å². The van der Waals surface area contributed by atoms with Crippen molar-refractivity contribution in [2.45, 2.75) is 6.54 Å². The summed E-state index contributed by atoms with van der Waals surface area (Å²) in [6, 6.07) is 3.68. The van der Waals surface area contributed by atoms with Crippen LogP contribution in [-0.4, -0.2) is 31.2 Å². The summed E-state index contributed by atoms with van der Waals surface area (Å²) in [6.07, 6.45) is 0. The molecule has 2 aromatic heterocycles. The van der Waals surface area contributed by atoms with E-state index < -0.39 is 0 Å². The minimum atomic E-state index is 0. The molecular formula is C12H19Cl2N5O2S. The van der Waals surface area contributed by atoms with Gasteiger partial charge in [-0.05, 0) is 12.1 Å². The average Bonchev–Trinajstić information content (AvgIpc) is 3.07. The fourth-order valence-electron chi connectivity index (χ4n) is 1.48. The van der Waals surface area contributed by atoms with Crippen LogP contribution in [0, 0.1) is 0 Å². The maximum absolute atomic E-state index is 5.73. The summed E-state index contributed by atoms with van der Waals surface area (Å²) in [7, 11) is 1.62. The Morgan fingerprint density at radius 1 is 1.45 bits per heavy atom. The first kappa shape index (κ1) is 20.7. The topological polar surface area (TPSA) is 112 Å². The van der Waals surface area contributed by atoms with E-state index in [0.29, 0.717) is 36.5 Å². The lowest BCUT2D eigenvalue weighted by atomic mass is 10.3. The van der Waals surface area contributed by atoms with Gasteiger partial charge in [0.05, 0.1) is 19.7 Å². The number of hydrogen-bond acceptors (Lipinski definition) is 6. The van der Waals surface area contributed by atoms with E-state index in [-0.39, 0.29) is 24.8 Å². The summed E-state index contributed by atoms with van der Waals surface area (Å²) in [5.41, 5.74) is 12.0. The Labute approximate surface area is 145 Å². The molecule has 0 aliphatic heterocycles. The van der Waals surface area contributed by atoms with Crippen molar-refractivity contribution in [1.29, 1.82) is 0 Å². The molecule has 124 valence electrons. The molecule has 0 spiro atoms. The van der Waals surface area contributed by atoms with E-state index in [1.54, 1.807) is 7.11 Å². The lowest BCUT2D eigenvalue weighted by Crippen LogP contribution is -2.23. The van der Waals surface area contributed by atoms with Crippen molar-refractivity contribution in [2.75, 3.05) is 25.6 Å². The Balaban J connectivity index is 0.00000220. The second kappa shape index (κ2) is 10.4. The number of anilines is 1. The summed E-state index contributed by atoms with van der Waals surface area (Å²) >= 11 is 1.42. The van der Waals surface area contributed by atoms with Gasteiger partial charge in [0.15, 0.2) is 16.9 Å². The van der Waals surface area contributed by atoms with Crippen LogP contribution in [0.3, 0.4) is 0 Å². The Morgan fingerprint density at radius 2 is 2.23 bits per heavy atom. The number of methoxy groups -OCH3 is 1. The molecule has 10 heteroatoms. The molecule has 22 heavy (non-hydrogen) atoms. The minimum absolute atomic E-state index is 0. The molecule has 7 nitrogen and oxygen atoms in total. The molecule has 2 rings (SSSR count). The van der Waals surface area contributed by atoms with Crippen LogP contribution >= 0.6 is 36.2 Å². The molecule has 0 aliphatic carbocycles. The lowest BCUT2D eigenvalue weighted by Gasteiger charge is -2.00. The van der Waals surface area contributed by atoms with Crippen LogP contribution < -0.4 is 16.8 Å². The number of furan rings is 1. The van der Waals surface area contributed by atoms with E-state index in [9.17, 15) is 0 Å². The van der Waals surface area contributed by atoms with Crippen molar-refractivity contribution in [3.63, 3.8) is 0 Å². The Hall–Kier alpha value is -1.32. The molecule has 0 aromatic carbocycles. The number of rotatable bonds is 6. The normalized spacial score (nSPS) is 10.7. The molecule has 2 heterocycles. The summed E-state index contributed by atoms with van der Waals surface area (Å²) in [4.78, 5) is 8.47. The summed E-state index contributed by atoms with van der Waals surface area (Å²) in [5.74, 6) is 1.72. The highest BCUT2D eigenvalue weighted by molar-refractivity contribution is 7.14. The fraction of sp³-hybridized carbons (Fsp3) is 0.333. The number of nitrogens with two attached hydrogens (primary N) is 2. The monoisotopic (exact) mass is 367 g/mol. The van der Waals surface area contributed by atoms with Crippen LogP contribution in [0.5, 0.6) is 0 Å². The number of nitrogens with one attached hydrogen (secondary N) is 1. The molecule has 0 unspecified atom stereocenters. The SMILES string of the molecule is COCCN=C(N)Nc1nc(-c2ccc(CN)o2)cs1.Cl.Cl.